The van der Waals surface area contributed by atoms with Crippen molar-refractivity contribution < 1.29 is 4.74 Å². The van der Waals surface area contributed by atoms with Gasteiger partial charge in [0, 0.05) is 26.3 Å². The Hall–Kier alpha value is -1.71. The minimum absolute atomic E-state index is 0.418. The molecule has 0 saturated heterocycles. The smallest absolute Gasteiger partial charge is 0.239 e. The van der Waals surface area contributed by atoms with Crippen LogP contribution in [0.5, 0.6) is 5.88 Å². The van der Waals surface area contributed by atoms with Gasteiger partial charge in [-0.15, -0.1) is 0 Å². The molecule has 2 aliphatic rings. The van der Waals surface area contributed by atoms with Crippen LogP contribution in [0.1, 0.15) is 19.8 Å². The van der Waals surface area contributed by atoms with E-state index in [1.165, 1.54) is 12.8 Å². The molecule has 2 bridgehead atoms. The summed E-state index contributed by atoms with van der Waals surface area (Å²) in [6.07, 6.45) is 9.23. The van der Waals surface area contributed by atoms with Gasteiger partial charge in [-0.1, -0.05) is 12.2 Å². The largest absolute Gasteiger partial charge is 0.479 e. The van der Waals surface area contributed by atoms with Gasteiger partial charge in [0.25, 0.3) is 0 Å². The summed E-state index contributed by atoms with van der Waals surface area (Å²) in [5.41, 5.74) is 2.12. The second-order valence-corrected chi connectivity index (χ2v) is 6.49. The van der Waals surface area contributed by atoms with Crippen LogP contribution in [0.2, 0.25) is 0 Å². The highest BCUT2D eigenvalue weighted by Crippen LogP contribution is 2.46. The molecule has 114 valence electrons. The summed E-state index contributed by atoms with van der Waals surface area (Å²) in [5, 5.41) is 3.68. The highest BCUT2D eigenvalue weighted by molar-refractivity contribution is 5.74. The summed E-state index contributed by atoms with van der Waals surface area (Å²) in [6.45, 7) is 2.28. The van der Waals surface area contributed by atoms with Gasteiger partial charge in [-0.25, -0.2) is 4.98 Å². The first kappa shape index (κ1) is 14.2. The number of nitrogens with one attached hydrogen (secondary N) is 1. The molecule has 1 N–H and O–H groups in total. The van der Waals surface area contributed by atoms with Gasteiger partial charge in [0.05, 0.1) is 12.8 Å². The predicted octanol–water partition coefficient (Wildman–Crippen LogP) is 3.17. The molecule has 4 atom stereocenters. The Morgan fingerprint density at radius 3 is 2.71 bits per heavy atom. The fourth-order valence-corrected chi connectivity index (χ4v) is 3.83. The Labute approximate surface area is 127 Å². The van der Waals surface area contributed by atoms with Gasteiger partial charge < -0.3 is 15.0 Å². The normalized spacial score (nSPS) is 27.7. The topological polar surface area (TPSA) is 37.4 Å². The van der Waals surface area contributed by atoms with E-state index in [0.717, 1.165) is 23.2 Å². The molecular formula is C17H25N3O. The zero-order valence-corrected chi connectivity index (χ0v) is 13.3. The van der Waals surface area contributed by atoms with Crippen molar-refractivity contribution in [3.63, 3.8) is 0 Å². The summed E-state index contributed by atoms with van der Waals surface area (Å²) in [7, 11) is 5.77. The Morgan fingerprint density at radius 1 is 1.33 bits per heavy atom. The van der Waals surface area contributed by atoms with E-state index >= 15 is 0 Å². The van der Waals surface area contributed by atoms with Crippen LogP contribution in [0.3, 0.4) is 0 Å². The molecule has 2 aliphatic carbocycles. The van der Waals surface area contributed by atoms with Crippen molar-refractivity contribution in [2.45, 2.75) is 25.8 Å². The zero-order valence-electron chi connectivity index (χ0n) is 13.3. The monoisotopic (exact) mass is 287 g/mol. The van der Waals surface area contributed by atoms with Crippen molar-refractivity contribution in [1.82, 2.24) is 4.98 Å². The quantitative estimate of drug-likeness (QED) is 0.844. The molecule has 1 saturated carbocycles. The number of nitrogens with zero attached hydrogens (tertiary/aromatic N) is 2. The fourth-order valence-electron chi connectivity index (χ4n) is 3.83. The molecule has 3 rings (SSSR count). The van der Waals surface area contributed by atoms with Crippen molar-refractivity contribution >= 4 is 11.4 Å². The highest BCUT2D eigenvalue weighted by atomic mass is 16.5. The molecule has 1 heterocycles. The highest BCUT2D eigenvalue weighted by Gasteiger charge is 2.38. The van der Waals surface area contributed by atoms with Crippen LogP contribution >= 0.6 is 0 Å². The second-order valence-electron chi connectivity index (χ2n) is 6.49. The first-order valence-corrected chi connectivity index (χ1v) is 7.75. The Morgan fingerprint density at radius 2 is 2.14 bits per heavy atom. The number of allylic oxidation sites excluding steroid dienone is 2. The van der Waals surface area contributed by atoms with Gasteiger partial charge in [-0.2, -0.15) is 0 Å². The van der Waals surface area contributed by atoms with Crippen LogP contribution in [0.15, 0.2) is 24.4 Å². The maximum Gasteiger partial charge on any atom is 0.239 e. The molecule has 1 fully saturated rings. The molecule has 0 radical (unpaired) electrons. The van der Waals surface area contributed by atoms with Gasteiger partial charge in [0.15, 0.2) is 0 Å². The average molecular weight is 287 g/mol. The summed E-state index contributed by atoms with van der Waals surface area (Å²) < 4.78 is 5.45. The van der Waals surface area contributed by atoms with E-state index in [4.69, 9.17) is 4.74 Å². The third-order valence-corrected chi connectivity index (χ3v) is 4.91. The van der Waals surface area contributed by atoms with Crippen LogP contribution in [0.4, 0.5) is 11.4 Å². The average Bonchev–Trinajstić information content (AvgIpc) is 3.09. The lowest BCUT2D eigenvalue weighted by Gasteiger charge is -2.29. The van der Waals surface area contributed by atoms with Gasteiger partial charge in [0.2, 0.25) is 5.88 Å². The predicted molar refractivity (Wildman–Crippen MR) is 87.0 cm³/mol. The summed E-state index contributed by atoms with van der Waals surface area (Å²) in [6, 6.07) is 2.44. The van der Waals surface area contributed by atoms with E-state index in [2.05, 4.69) is 34.3 Å². The summed E-state index contributed by atoms with van der Waals surface area (Å²) in [4.78, 5) is 6.44. The maximum atomic E-state index is 5.45. The third-order valence-electron chi connectivity index (χ3n) is 4.91. The minimum atomic E-state index is 0.418. The van der Waals surface area contributed by atoms with Gasteiger partial charge in [-0.3, -0.25) is 0 Å². The van der Waals surface area contributed by atoms with Crippen molar-refractivity contribution in [2.75, 3.05) is 31.4 Å². The standard InChI is InChI=1S/C17H25N3O/c1-11(14-10-12-5-6-13(14)9-12)19-16-15(20(2)3)7-8-18-17(16)21-4/h5-8,11-14,19H,9-10H2,1-4H3. The molecule has 0 aromatic carbocycles. The van der Waals surface area contributed by atoms with Crippen LogP contribution in [-0.2, 0) is 0 Å². The lowest BCUT2D eigenvalue weighted by molar-refractivity contribution is 0.387. The Kier molecular flexibility index (Phi) is 3.79. The lowest BCUT2D eigenvalue weighted by atomic mass is 9.87. The molecular weight excluding hydrogens is 262 g/mol. The van der Waals surface area contributed by atoms with E-state index < -0.39 is 0 Å². The van der Waals surface area contributed by atoms with Crippen molar-refractivity contribution in [2.24, 2.45) is 17.8 Å². The number of anilines is 2. The number of methoxy groups -OCH3 is 1. The summed E-state index contributed by atoms with van der Waals surface area (Å²) >= 11 is 0. The maximum absolute atomic E-state index is 5.45. The molecule has 0 amide bonds. The first-order valence-electron chi connectivity index (χ1n) is 7.75. The van der Waals surface area contributed by atoms with Crippen LogP contribution in [0.25, 0.3) is 0 Å². The number of hydrogen-bond acceptors (Lipinski definition) is 4. The van der Waals surface area contributed by atoms with Crippen molar-refractivity contribution in [3.05, 3.63) is 24.4 Å². The number of aromatic nitrogens is 1. The van der Waals surface area contributed by atoms with Gasteiger partial charge in [0.1, 0.15) is 5.69 Å². The second kappa shape index (κ2) is 5.58. The molecule has 4 nitrogen and oxygen atoms in total. The van der Waals surface area contributed by atoms with E-state index in [1.54, 1.807) is 13.3 Å². The SMILES string of the molecule is COc1nccc(N(C)C)c1NC(C)C1CC2C=CC1C2. The number of fused-ring (bicyclic) bond motifs is 2. The van der Waals surface area contributed by atoms with E-state index in [0.29, 0.717) is 17.8 Å². The van der Waals surface area contributed by atoms with Crippen LogP contribution < -0.4 is 15.0 Å². The zero-order chi connectivity index (χ0) is 15.0. The number of ether oxygens (including phenoxy) is 1. The molecule has 4 heteroatoms. The van der Waals surface area contributed by atoms with Gasteiger partial charge in [-0.05, 0) is 43.6 Å². The third kappa shape index (κ3) is 2.59. The number of rotatable bonds is 5. The van der Waals surface area contributed by atoms with E-state index in [-0.39, 0.29) is 0 Å². The molecule has 0 aliphatic heterocycles. The lowest BCUT2D eigenvalue weighted by Crippen LogP contribution is -2.30. The van der Waals surface area contributed by atoms with Crippen molar-refractivity contribution in [1.29, 1.82) is 0 Å². The number of pyridine rings is 1. The minimum Gasteiger partial charge on any atom is -0.479 e. The number of hydrogen-bond donors (Lipinski definition) is 1. The Bertz CT molecular complexity index is 541. The van der Waals surface area contributed by atoms with E-state index in [9.17, 15) is 0 Å². The van der Waals surface area contributed by atoms with Crippen molar-refractivity contribution in [3.8, 4) is 5.88 Å². The molecule has 1 aromatic heterocycles. The first-order chi connectivity index (χ1) is 10.1. The van der Waals surface area contributed by atoms with Crippen LogP contribution in [-0.4, -0.2) is 32.2 Å². The Balaban J connectivity index is 1.82. The fraction of sp³-hybridized carbons (Fsp3) is 0.588. The van der Waals surface area contributed by atoms with E-state index in [1.807, 2.05) is 20.2 Å². The molecule has 4 unspecified atom stereocenters. The summed E-state index contributed by atoms with van der Waals surface area (Å²) in [5.74, 6) is 2.92. The molecule has 0 spiro atoms. The van der Waals surface area contributed by atoms with Crippen LogP contribution in [0, 0.1) is 17.8 Å². The molecule has 1 aromatic rings. The molecule has 21 heavy (non-hydrogen) atoms. The van der Waals surface area contributed by atoms with Gasteiger partial charge >= 0.3 is 0 Å².